The van der Waals surface area contributed by atoms with Gasteiger partial charge in [0.25, 0.3) is 0 Å². The summed E-state index contributed by atoms with van der Waals surface area (Å²) in [6.07, 6.45) is 0. The molecule has 2 aromatic carbocycles. The first-order valence-corrected chi connectivity index (χ1v) is 9.03. The number of anilines is 1. The number of amides is 1. The SMILES string of the molecule is Cc1ccc(-c2nc(S[C@H](C)C(=O)Nc3ccc(C)c(F)c3)n[nH]2)cc1. The van der Waals surface area contributed by atoms with Gasteiger partial charge in [-0.3, -0.25) is 9.89 Å². The number of nitrogens with zero attached hydrogens (tertiary/aromatic N) is 2. The van der Waals surface area contributed by atoms with Crippen molar-refractivity contribution < 1.29 is 9.18 Å². The third-order valence-corrected chi connectivity index (χ3v) is 4.84. The van der Waals surface area contributed by atoms with Gasteiger partial charge >= 0.3 is 0 Å². The number of carbonyl (C=O) groups excluding carboxylic acids is 1. The fourth-order valence-electron chi connectivity index (χ4n) is 2.27. The molecule has 0 saturated carbocycles. The third kappa shape index (κ3) is 4.29. The number of hydrogen-bond donors (Lipinski definition) is 2. The van der Waals surface area contributed by atoms with Crippen molar-refractivity contribution in [3.8, 4) is 11.4 Å². The van der Waals surface area contributed by atoms with Crippen LogP contribution in [0.3, 0.4) is 0 Å². The molecule has 1 atom stereocenters. The first kappa shape index (κ1) is 18.1. The van der Waals surface area contributed by atoms with E-state index in [1.807, 2.05) is 31.2 Å². The van der Waals surface area contributed by atoms with Crippen LogP contribution in [-0.2, 0) is 4.79 Å². The predicted molar refractivity (Wildman–Crippen MR) is 102 cm³/mol. The predicted octanol–water partition coefficient (Wildman–Crippen LogP) is 4.35. The van der Waals surface area contributed by atoms with E-state index in [-0.39, 0.29) is 11.7 Å². The molecule has 0 aliphatic carbocycles. The molecule has 2 N–H and O–H groups in total. The van der Waals surface area contributed by atoms with Crippen LogP contribution in [0, 0.1) is 19.7 Å². The van der Waals surface area contributed by atoms with Crippen molar-refractivity contribution in [3.05, 3.63) is 59.4 Å². The van der Waals surface area contributed by atoms with Gasteiger partial charge in [0.15, 0.2) is 5.82 Å². The summed E-state index contributed by atoms with van der Waals surface area (Å²) in [5.41, 5.74) is 3.07. The highest BCUT2D eigenvalue weighted by molar-refractivity contribution is 8.00. The second-order valence-electron chi connectivity index (χ2n) is 6.05. The summed E-state index contributed by atoms with van der Waals surface area (Å²) in [6, 6.07) is 12.6. The summed E-state index contributed by atoms with van der Waals surface area (Å²) in [7, 11) is 0. The molecule has 1 heterocycles. The molecular weight excluding hydrogens is 351 g/mol. The van der Waals surface area contributed by atoms with Gasteiger partial charge in [-0.15, -0.1) is 5.10 Å². The second-order valence-corrected chi connectivity index (χ2v) is 7.35. The number of thioether (sulfide) groups is 1. The highest BCUT2D eigenvalue weighted by Crippen LogP contribution is 2.24. The summed E-state index contributed by atoms with van der Waals surface area (Å²) >= 11 is 1.24. The van der Waals surface area contributed by atoms with Crippen LogP contribution in [0.1, 0.15) is 18.1 Å². The summed E-state index contributed by atoms with van der Waals surface area (Å²) in [6.45, 7) is 5.45. The topological polar surface area (TPSA) is 70.7 Å². The minimum atomic E-state index is -0.430. The molecule has 0 aliphatic rings. The van der Waals surface area contributed by atoms with Gasteiger partial charge in [0.2, 0.25) is 11.1 Å². The number of nitrogens with one attached hydrogen (secondary N) is 2. The Morgan fingerprint density at radius 2 is 1.92 bits per heavy atom. The number of carbonyl (C=O) groups is 1. The molecule has 5 nitrogen and oxygen atoms in total. The maximum Gasteiger partial charge on any atom is 0.237 e. The fraction of sp³-hybridized carbons (Fsp3) is 0.211. The van der Waals surface area contributed by atoms with Crippen LogP contribution >= 0.6 is 11.8 Å². The average Bonchev–Trinajstić information content (AvgIpc) is 3.07. The van der Waals surface area contributed by atoms with E-state index in [2.05, 4.69) is 20.5 Å². The Bertz CT molecular complexity index is 924. The Labute approximate surface area is 155 Å². The van der Waals surface area contributed by atoms with Crippen LogP contribution in [0.5, 0.6) is 0 Å². The molecule has 0 fully saturated rings. The van der Waals surface area contributed by atoms with Crippen LogP contribution in [-0.4, -0.2) is 26.3 Å². The molecule has 0 unspecified atom stereocenters. The van der Waals surface area contributed by atoms with Gasteiger partial charge in [0.05, 0.1) is 5.25 Å². The van der Waals surface area contributed by atoms with Gasteiger partial charge in [-0.25, -0.2) is 9.37 Å². The van der Waals surface area contributed by atoms with Gasteiger partial charge in [0, 0.05) is 11.3 Å². The van der Waals surface area contributed by atoms with E-state index in [1.165, 1.54) is 23.4 Å². The first-order valence-electron chi connectivity index (χ1n) is 8.15. The number of hydrogen-bond acceptors (Lipinski definition) is 4. The monoisotopic (exact) mass is 370 g/mol. The molecule has 134 valence electrons. The number of aromatic nitrogens is 3. The van der Waals surface area contributed by atoms with Crippen LogP contribution < -0.4 is 5.32 Å². The van der Waals surface area contributed by atoms with E-state index in [0.717, 1.165) is 5.56 Å². The van der Waals surface area contributed by atoms with Crippen LogP contribution in [0.15, 0.2) is 47.6 Å². The van der Waals surface area contributed by atoms with E-state index in [9.17, 15) is 9.18 Å². The smallest absolute Gasteiger partial charge is 0.237 e. The van der Waals surface area contributed by atoms with Crippen molar-refractivity contribution >= 4 is 23.4 Å². The molecule has 7 heteroatoms. The molecule has 1 amide bonds. The maximum absolute atomic E-state index is 13.6. The average molecular weight is 370 g/mol. The number of halogens is 1. The normalized spacial score (nSPS) is 12.0. The third-order valence-electron chi connectivity index (χ3n) is 3.88. The highest BCUT2D eigenvalue weighted by Gasteiger charge is 2.18. The van der Waals surface area contributed by atoms with Crippen molar-refractivity contribution in [1.29, 1.82) is 0 Å². The van der Waals surface area contributed by atoms with Gasteiger partial charge in [-0.2, -0.15) is 0 Å². The zero-order valence-corrected chi connectivity index (χ0v) is 15.5. The highest BCUT2D eigenvalue weighted by atomic mass is 32.2. The molecule has 0 aliphatic heterocycles. The lowest BCUT2D eigenvalue weighted by Gasteiger charge is -2.10. The largest absolute Gasteiger partial charge is 0.325 e. The van der Waals surface area contributed by atoms with E-state index in [4.69, 9.17) is 0 Å². The van der Waals surface area contributed by atoms with Gasteiger partial charge in [-0.1, -0.05) is 47.7 Å². The standard InChI is InChI=1S/C19H19FN4OS/c1-11-4-7-14(8-5-11)17-22-19(24-23-17)26-13(3)18(25)21-15-9-6-12(2)16(20)10-15/h4-10,13H,1-3H3,(H,21,25)(H,22,23,24)/t13-/m1/s1. The minimum Gasteiger partial charge on any atom is -0.325 e. The van der Waals surface area contributed by atoms with Crippen LogP contribution in [0.4, 0.5) is 10.1 Å². The molecule has 3 aromatic rings. The molecule has 0 bridgehead atoms. The Balaban J connectivity index is 1.64. The molecule has 0 saturated heterocycles. The molecular formula is C19H19FN4OS. The molecule has 26 heavy (non-hydrogen) atoms. The zero-order valence-electron chi connectivity index (χ0n) is 14.7. The number of rotatable bonds is 5. The van der Waals surface area contributed by atoms with Gasteiger partial charge in [0.1, 0.15) is 5.82 Å². The first-order chi connectivity index (χ1) is 12.4. The summed E-state index contributed by atoms with van der Waals surface area (Å²) in [4.78, 5) is 16.7. The van der Waals surface area contributed by atoms with Crippen molar-refractivity contribution in [1.82, 2.24) is 15.2 Å². The van der Waals surface area contributed by atoms with E-state index in [1.54, 1.807) is 26.0 Å². The molecule has 3 rings (SSSR count). The lowest BCUT2D eigenvalue weighted by atomic mass is 10.1. The summed E-state index contributed by atoms with van der Waals surface area (Å²) in [5, 5.41) is 9.81. The van der Waals surface area contributed by atoms with Gasteiger partial charge in [-0.05, 0) is 38.5 Å². The maximum atomic E-state index is 13.6. The quantitative estimate of drug-likeness (QED) is 0.655. The van der Waals surface area contributed by atoms with Crippen molar-refractivity contribution in [2.24, 2.45) is 0 Å². The van der Waals surface area contributed by atoms with Gasteiger partial charge < -0.3 is 5.32 Å². The second kappa shape index (κ2) is 7.70. The Kier molecular flexibility index (Phi) is 5.37. The zero-order chi connectivity index (χ0) is 18.7. The Morgan fingerprint density at radius 1 is 1.19 bits per heavy atom. The van der Waals surface area contributed by atoms with E-state index >= 15 is 0 Å². The molecule has 0 spiro atoms. The summed E-state index contributed by atoms with van der Waals surface area (Å²) in [5.74, 6) is 0.0699. The number of H-pyrrole nitrogens is 1. The van der Waals surface area contributed by atoms with Crippen LogP contribution in [0.2, 0.25) is 0 Å². The Hall–Kier alpha value is -2.67. The minimum absolute atomic E-state index is 0.236. The molecule has 1 aromatic heterocycles. The molecule has 0 radical (unpaired) electrons. The van der Waals surface area contributed by atoms with E-state index < -0.39 is 5.25 Å². The fourth-order valence-corrected chi connectivity index (χ4v) is 2.99. The van der Waals surface area contributed by atoms with Crippen LogP contribution in [0.25, 0.3) is 11.4 Å². The van der Waals surface area contributed by atoms with E-state index in [0.29, 0.717) is 22.2 Å². The lowest BCUT2D eigenvalue weighted by Crippen LogP contribution is -2.22. The number of benzene rings is 2. The number of aryl methyl sites for hydroxylation is 2. The van der Waals surface area contributed by atoms with Crippen molar-refractivity contribution in [2.45, 2.75) is 31.2 Å². The lowest BCUT2D eigenvalue weighted by molar-refractivity contribution is -0.115. The Morgan fingerprint density at radius 3 is 2.62 bits per heavy atom. The van der Waals surface area contributed by atoms with Crippen molar-refractivity contribution in [3.63, 3.8) is 0 Å². The van der Waals surface area contributed by atoms with Crippen molar-refractivity contribution in [2.75, 3.05) is 5.32 Å². The number of aromatic amines is 1. The summed E-state index contributed by atoms with van der Waals surface area (Å²) < 4.78 is 13.6.